The molecule has 0 aromatic heterocycles. The van der Waals surface area contributed by atoms with Gasteiger partial charge in [-0.2, -0.15) is 8.42 Å². The van der Waals surface area contributed by atoms with Crippen molar-refractivity contribution >= 4 is 30.0 Å². The number of ether oxygens (including phenoxy) is 1. The van der Waals surface area contributed by atoms with Gasteiger partial charge >= 0.3 is 26.2 Å². The summed E-state index contributed by atoms with van der Waals surface area (Å²) in [5.41, 5.74) is 0. The molecule has 12 heteroatoms. The molecule has 4 N–H and O–H groups in total. The molecular formula is C7H8F3IN2O5S. The fraction of sp³-hybridized carbons (Fsp3) is 0.143. The fourth-order valence-electron chi connectivity index (χ4n) is 0.780. The Morgan fingerprint density at radius 1 is 1.11 bits per heavy atom. The first-order valence-electron chi connectivity index (χ1n) is 4.10. The van der Waals surface area contributed by atoms with E-state index in [0.29, 0.717) is 0 Å². The fourth-order valence-corrected chi connectivity index (χ4v) is 2.00. The molecule has 0 spiro atoms. The predicted molar refractivity (Wildman–Crippen MR) is 64.5 cm³/mol. The molecule has 0 heterocycles. The Kier molecular flexibility index (Phi) is 6.61. The van der Waals surface area contributed by atoms with Crippen molar-refractivity contribution in [2.24, 2.45) is 10.3 Å². The van der Waals surface area contributed by atoms with Crippen LogP contribution in [0.25, 0.3) is 0 Å². The molecule has 1 aromatic rings. The number of alkyl halides is 3. The van der Waals surface area contributed by atoms with E-state index in [4.69, 9.17) is 0 Å². The third-order valence-electron chi connectivity index (χ3n) is 1.23. The Morgan fingerprint density at radius 3 is 1.89 bits per heavy atom. The molecule has 1 aromatic carbocycles. The van der Waals surface area contributed by atoms with Crippen LogP contribution in [-0.4, -0.2) is 14.8 Å². The normalized spacial score (nSPS) is 11.7. The number of hydrogen-bond donors (Lipinski definition) is 2. The van der Waals surface area contributed by atoms with Crippen molar-refractivity contribution in [3.8, 4) is 5.75 Å². The van der Waals surface area contributed by atoms with E-state index in [0.717, 1.165) is 12.1 Å². The van der Waals surface area contributed by atoms with Gasteiger partial charge in [-0.05, 0) is 12.1 Å². The van der Waals surface area contributed by atoms with Crippen LogP contribution in [0.15, 0.2) is 24.3 Å². The summed E-state index contributed by atoms with van der Waals surface area (Å²) in [6.07, 6.45) is -4.87. The lowest BCUT2D eigenvalue weighted by Crippen LogP contribution is -2.21. The Morgan fingerprint density at radius 2 is 1.53 bits per heavy atom. The monoisotopic (exact) mass is 416 g/mol. The molecule has 0 aliphatic rings. The first-order chi connectivity index (χ1) is 8.40. The largest absolute Gasteiger partial charge is 0.573 e. The Balaban J connectivity index is 0.000000555. The summed E-state index contributed by atoms with van der Waals surface area (Å²) in [4.78, 5) is 0. The van der Waals surface area contributed by atoms with Gasteiger partial charge in [0.05, 0.1) is 0 Å². The minimum Gasteiger partial charge on any atom is -0.404 e. The van der Waals surface area contributed by atoms with Crippen LogP contribution >= 0.6 is 19.8 Å². The molecule has 0 saturated heterocycles. The number of halogens is 4. The summed E-state index contributed by atoms with van der Waals surface area (Å²) in [7, 11) is -3.67. The summed E-state index contributed by atoms with van der Waals surface area (Å²) in [5.74, 6) is -0.671. The molecule has 0 unspecified atom stereocenters. The van der Waals surface area contributed by atoms with Crippen molar-refractivity contribution in [3.63, 3.8) is 0 Å². The molecule has 0 aliphatic heterocycles. The first-order valence-corrected chi connectivity index (χ1v) is 8.55. The van der Waals surface area contributed by atoms with Crippen LogP contribution in [-0.2, 0) is 16.3 Å². The SMILES string of the molecule is NS(N)(=O)=O.O=I(=O)c1ccccc1OC(F)(F)F. The van der Waals surface area contributed by atoms with Gasteiger partial charge in [0.1, 0.15) is 9.32 Å². The van der Waals surface area contributed by atoms with E-state index < -0.39 is 45.7 Å². The third kappa shape index (κ3) is 10.6. The average molecular weight is 416 g/mol. The highest BCUT2D eigenvalue weighted by Gasteiger charge is 2.32. The van der Waals surface area contributed by atoms with E-state index in [9.17, 15) is 27.7 Å². The van der Waals surface area contributed by atoms with Gasteiger partial charge in [-0.25, -0.2) is 16.4 Å². The van der Waals surface area contributed by atoms with E-state index in [-0.39, 0.29) is 0 Å². The molecule has 0 fully saturated rings. The first kappa shape index (κ1) is 18.0. The standard InChI is InChI=1S/C7H4F3IO3.H4N2O2S/c8-7(9,10)14-6-4-2-1-3-5(6)11(12)13;1-5(2,3)4/h1-4H;(H4,1,2,3,4). The van der Waals surface area contributed by atoms with Crippen LogP contribution in [0.3, 0.4) is 0 Å². The summed E-state index contributed by atoms with van der Waals surface area (Å²) in [6, 6.07) is 4.64. The maximum Gasteiger partial charge on any atom is 0.573 e. The third-order valence-corrected chi connectivity index (χ3v) is 3.07. The lowest BCUT2D eigenvalue weighted by atomic mass is 10.3. The van der Waals surface area contributed by atoms with Gasteiger partial charge in [-0.15, -0.1) is 13.2 Å². The molecule has 0 saturated carbocycles. The highest BCUT2D eigenvalue weighted by Crippen LogP contribution is 2.31. The van der Waals surface area contributed by atoms with Crippen LogP contribution in [0.1, 0.15) is 0 Å². The highest BCUT2D eigenvalue weighted by molar-refractivity contribution is 14.2. The van der Waals surface area contributed by atoms with Crippen LogP contribution in [0.5, 0.6) is 5.75 Å². The lowest BCUT2D eigenvalue weighted by molar-refractivity contribution is -0.274. The summed E-state index contributed by atoms with van der Waals surface area (Å²) >= 11 is -3.95. The van der Waals surface area contributed by atoms with E-state index >= 15 is 0 Å². The molecule has 0 amide bonds. The second kappa shape index (κ2) is 6.97. The van der Waals surface area contributed by atoms with Crippen molar-refractivity contribution in [2.75, 3.05) is 0 Å². The summed E-state index contributed by atoms with van der Waals surface area (Å²) in [5, 5.41) is 8.21. The number of benzene rings is 1. The zero-order chi connectivity index (χ0) is 15.3. The molecule has 0 bridgehead atoms. The second-order valence-corrected chi connectivity index (χ2v) is 6.37. The molecule has 0 aliphatic carbocycles. The topological polar surface area (TPSA) is 130 Å². The Bertz CT molecular complexity index is 583. The second-order valence-electron chi connectivity index (χ2n) is 2.78. The van der Waals surface area contributed by atoms with Crippen LogP contribution in [0.2, 0.25) is 0 Å². The Hall–Kier alpha value is -0.990. The molecule has 0 radical (unpaired) electrons. The van der Waals surface area contributed by atoms with E-state index in [1.54, 1.807) is 0 Å². The molecule has 110 valence electrons. The van der Waals surface area contributed by atoms with Crippen molar-refractivity contribution in [1.29, 1.82) is 0 Å². The van der Waals surface area contributed by atoms with Gasteiger partial charge in [0, 0.05) is 0 Å². The van der Waals surface area contributed by atoms with Crippen LogP contribution in [0.4, 0.5) is 13.2 Å². The molecule has 0 atom stereocenters. The van der Waals surface area contributed by atoms with Crippen LogP contribution in [0, 0.1) is 3.57 Å². The van der Waals surface area contributed by atoms with Crippen LogP contribution < -0.4 is 15.0 Å². The minimum atomic E-state index is -4.87. The lowest BCUT2D eigenvalue weighted by Gasteiger charge is -2.09. The van der Waals surface area contributed by atoms with Crippen molar-refractivity contribution in [3.05, 3.63) is 27.8 Å². The quantitative estimate of drug-likeness (QED) is 0.698. The van der Waals surface area contributed by atoms with Gasteiger partial charge < -0.3 is 4.74 Å². The van der Waals surface area contributed by atoms with Gasteiger partial charge in [0.15, 0.2) is 0 Å². The van der Waals surface area contributed by atoms with Crippen molar-refractivity contribution in [2.45, 2.75) is 6.36 Å². The molecular weight excluding hydrogens is 408 g/mol. The number of hydrogen-bond acceptors (Lipinski definition) is 5. The number of rotatable bonds is 2. The van der Waals surface area contributed by atoms with E-state index in [1.165, 1.54) is 12.1 Å². The maximum absolute atomic E-state index is 11.8. The number of nitrogens with two attached hydrogens (primary N) is 2. The molecule has 1 rings (SSSR count). The van der Waals surface area contributed by atoms with Gasteiger partial charge in [0.25, 0.3) is 10.2 Å². The summed E-state index contributed by atoms with van der Waals surface area (Å²) in [6.45, 7) is 0. The van der Waals surface area contributed by atoms with E-state index in [1.807, 2.05) is 0 Å². The Labute approximate surface area is 113 Å². The van der Waals surface area contributed by atoms with Gasteiger partial charge in [-0.3, -0.25) is 0 Å². The van der Waals surface area contributed by atoms with Gasteiger partial charge in [0.2, 0.25) is 0 Å². The average Bonchev–Trinajstić information content (AvgIpc) is 2.12. The van der Waals surface area contributed by atoms with E-state index in [2.05, 4.69) is 15.0 Å². The van der Waals surface area contributed by atoms with Crippen molar-refractivity contribution < 1.29 is 32.5 Å². The summed E-state index contributed by atoms with van der Waals surface area (Å²) < 4.78 is 78.0. The smallest absolute Gasteiger partial charge is 0.404 e. The zero-order valence-corrected chi connectivity index (χ0v) is 11.9. The number of para-hydroxylation sites is 1. The minimum absolute atomic E-state index is 0.394. The molecule has 7 nitrogen and oxygen atoms in total. The molecule has 19 heavy (non-hydrogen) atoms. The van der Waals surface area contributed by atoms with Gasteiger partial charge in [-0.1, -0.05) is 12.1 Å². The highest BCUT2D eigenvalue weighted by atomic mass is 127. The predicted octanol–water partition coefficient (Wildman–Crippen LogP) is 1.10. The maximum atomic E-state index is 11.8. The van der Waals surface area contributed by atoms with Crippen molar-refractivity contribution in [1.82, 2.24) is 0 Å². The zero-order valence-electron chi connectivity index (χ0n) is 8.93.